The molecule has 1 saturated heterocycles. The highest BCUT2D eigenvalue weighted by atomic mass is 35.5. The van der Waals surface area contributed by atoms with E-state index in [1.54, 1.807) is 18.2 Å². The highest BCUT2D eigenvalue weighted by Gasteiger charge is 2.42. The second-order valence-electron chi connectivity index (χ2n) is 7.17. The molecule has 0 saturated carbocycles. The number of fused-ring (bicyclic) bond motifs is 4. The fourth-order valence-electron chi connectivity index (χ4n) is 4.04. The van der Waals surface area contributed by atoms with Gasteiger partial charge in [-0.25, -0.2) is 14.8 Å². The summed E-state index contributed by atoms with van der Waals surface area (Å²) in [5, 5.41) is 3.45. The fourth-order valence-corrected chi connectivity index (χ4v) is 4.23. The zero-order valence-corrected chi connectivity index (χ0v) is 17.0. The third kappa shape index (κ3) is 3.19. The monoisotopic (exact) mass is 422 g/mol. The minimum Gasteiger partial charge on any atom is -0.494 e. The lowest BCUT2D eigenvalue weighted by atomic mass is 10.1. The minimum atomic E-state index is -0.291. The summed E-state index contributed by atoms with van der Waals surface area (Å²) in [6.07, 6.45) is 5.46. The van der Waals surface area contributed by atoms with Gasteiger partial charge in [-0.15, -0.1) is 0 Å². The van der Waals surface area contributed by atoms with Gasteiger partial charge in [0.2, 0.25) is 0 Å². The SMILES string of the molecule is COc1cc(-c2cccc(Cl)c2)nc2c1N1CC[C@@H](C1)N2C(=O)Nc1cnccn1. The van der Waals surface area contributed by atoms with E-state index < -0.39 is 0 Å². The summed E-state index contributed by atoms with van der Waals surface area (Å²) in [7, 11) is 1.63. The number of methoxy groups -OCH3 is 1. The van der Waals surface area contributed by atoms with Crippen LogP contribution >= 0.6 is 11.6 Å². The number of urea groups is 1. The Morgan fingerprint density at radius 3 is 2.97 bits per heavy atom. The van der Waals surface area contributed by atoms with Crippen LogP contribution in [0.1, 0.15) is 6.42 Å². The smallest absolute Gasteiger partial charge is 0.329 e. The number of hydrogen-bond acceptors (Lipinski definition) is 6. The second-order valence-corrected chi connectivity index (χ2v) is 7.61. The van der Waals surface area contributed by atoms with Crippen molar-refractivity contribution in [3.8, 4) is 17.0 Å². The summed E-state index contributed by atoms with van der Waals surface area (Å²) in [4.78, 5) is 30.2. The minimum absolute atomic E-state index is 0.0148. The number of carbonyl (C=O) groups excluding carboxylic acids is 1. The van der Waals surface area contributed by atoms with Crippen LogP contribution in [0.3, 0.4) is 0 Å². The standard InChI is InChI=1S/C21H19ClN6O2/c1-30-17-10-16(13-3-2-4-14(22)9-13)25-20-19(17)27-8-5-15(12-27)28(20)21(29)26-18-11-23-6-7-24-18/h2-4,6-7,9-11,15H,5,8,12H2,1H3,(H,24,26,29)/t15-/m0/s1. The Kier molecular flexibility index (Phi) is 4.63. The Morgan fingerprint density at radius 2 is 2.20 bits per heavy atom. The van der Waals surface area contributed by atoms with E-state index in [4.69, 9.17) is 21.3 Å². The van der Waals surface area contributed by atoms with Gasteiger partial charge in [0, 0.05) is 42.1 Å². The second kappa shape index (κ2) is 7.46. The number of aromatic nitrogens is 3. The molecular formula is C21H19ClN6O2. The molecule has 5 rings (SSSR count). The van der Waals surface area contributed by atoms with Gasteiger partial charge >= 0.3 is 6.03 Å². The summed E-state index contributed by atoms with van der Waals surface area (Å²) in [5.74, 6) is 1.63. The van der Waals surface area contributed by atoms with Crippen molar-refractivity contribution in [2.75, 3.05) is 35.3 Å². The molecule has 2 aromatic heterocycles. The topological polar surface area (TPSA) is 83.5 Å². The number of anilines is 3. The van der Waals surface area contributed by atoms with Crippen molar-refractivity contribution in [2.24, 2.45) is 0 Å². The maximum absolute atomic E-state index is 13.2. The van der Waals surface area contributed by atoms with Crippen molar-refractivity contribution in [1.82, 2.24) is 15.0 Å². The van der Waals surface area contributed by atoms with E-state index in [9.17, 15) is 4.79 Å². The molecule has 30 heavy (non-hydrogen) atoms. The van der Waals surface area contributed by atoms with Gasteiger partial charge in [-0.05, 0) is 18.6 Å². The third-order valence-electron chi connectivity index (χ3n) is 5.37. The first kappa shape index (κ1) is 18.6. The molecule has 2 amide bonds. The fraction of sp³-hybridized carbons (Fsp3) is 0.238. The lowest BCUT2D eigenvalue weighted by molar-refractivity contribution is 0.254. The van der Waals surface area contributed by atoms with Gasteiger partial charge < -0.3 is 9.64 Å². The molecule has 2 bridgehead atoms. The molecule has 2 aliphatic rings. The van der Waals surface area contributed by atoms with E-state index in [1.165, 1.54) is 12.4 Å². The van der Waals surface area contributed by atoms with Crippen molar-refractivity contribution < 1.29 is 9.53 Å². The number of nitrogens with zero attached hydrogens (tertiary/aromatic N) is 5. The van der Waals surface area contributed by atoms with Crippen molar-refractivity contribution in [3.63, 3.8) is 0 Å². The summed E-state index contributed by atoms with van der Waals surface area (Å²) in [6.45, 7) is 1.57. The van der Waals surface area contributed by atoms with E-state index in [1.807, 2.05) is 30.3 Å². The van der Waals surface area contributed by atoms with Crippen molar-refractivity contribution >= 4 is 35.0 Å². The Balaban J connectivity index is 1.61. The molecule has 2 aliphatic heterocycles. The highest BCUT2D eigenvalue weighted by Crippen LogP contribution is 2.46. The molecule has 9 heteroatoms. The quantitative estimate of drug-likeness (QED) is 0.690. The number of carbonyl (C=O) groups is 1. The Morgan fingerprint density at radius 1 is 1.30 bits per heavy atom. The summed E-state index contributed by atoms with van der Waals surface area (Å²) in [6, 6.07) is 9.08. The maximum atomic E-state index is 13.2. The van der Waals surface area contributed by atoms with E-state index in [0.717, 1.165) is 30.8 Å². The Bertz CT molecular complexity index is 1110. The average molecular weight is 423 g/mol. The summed E-state index contributed by atoms with van der Waals surface area (Å²) >= 11 is 6.18. The normalized spacial score (nSPS) is 16.9. The third-order valence-corrected chi connectivity index (χ3v) is 5.60. The zero-order chi connectivity index (χ0) is 20.7. The van der Waals surface area contributed by atoms with Crippen LogP contribution in [0.4, 0.5) is 22.1 Å². The predicted molar refractivity (Wildman–Crippen MR) is 115 cm³/mol. The van der Waals surface area contributed by atoms with E-state index >= 15 is 0 Å². The lowest BCUT2D eigenvalue weighted by Crippen LogP contribution is -2.48. The molecule has 1 fully saturated rings. The molecule has 0 aliphatic carbocycles. The van der Waals surface area contributed by atoms with Gasteiger partial charge in [0.25, 0.3) is 0 Å². The number of ether oxygens (including phenoxy) is 1. The molecule has 0 unspecified atom stereocenters. The number of rotatable bonds is 3. The molecule has 152 valence electrons. The predicted octanol–water partition coefficient (Wildman–Crippen LogP) is 3.83. The van der Waals surface area contributed by atoms with Crippen LogP contribution < -0.4 is 19.9 Å². The van der Waals surface area contributed by atoms with E-state index in [0.29, 0.717) is 28.1 Å². The first-order valence-electron chi connectivity index (χ1n) is 9.60. The van der Waals surface area contributed by atoms with Gasteiger partial charge in [-0.2, -0.15) is 0 Å². The largest absolute Gasteiger partial charge is 0.494 e. The van der Waals surface area contributed by atoms with Crippen LogP contribution in [0.15, 0.2) is 48.9 Å². The van der Waals surface area contributed by atoms with E-state index in [-0.39, 0.29) is 12.1 Å². The number of halogens is 1. The maximum Gasteiger partial charge on any atom is 0.329 e. The highest BCUT2D eigenvalue weighted by molar-refractivity contribution is 6.30. The Hall–Kier alpha value is -3.39. The van der Waals surface area contributed by atoms with Crippen LogP contribution in [-0.4, -0.2) is 47.2 Å². The Labute approximate surface area is 178 Å². The molecule has 8 nitrogen and oxygen atoms in total. The number of nitrogens with one attached hydrogen (secondary N) is 1. The van der Waals surface area contributed by atoms with Crippen LogP contribution in [0.25, 0.3) is 11.3 Å². The van der Waals surface area contributed by atoms with Gasteiger partial charge in [0.1, 0.15) is 11.4 Å². The molecule has 1 aromatic carbocycles. The van der Waals surface area contributed by atoms with Crippen molar-refractivity contribution in [3.05, 3.63) is 53.9 Å². The lowest BCUT2D eigenvalue weighted by Gasteiger charge is -2.36. The molecule has 1 N–H and O–H groups in total. The first-order valence-corrected chi connectivity index (χ1v) is 9.98. The first-order chi connectivity index (χ1) is 14.6. The molecular weight excluding hydrogens is 404 g/mol. The van der Waals surface area contributed by atoms with Crippen LogP contribution in [-0.2, 0) is 0 Å². The molecule has 1 atom stereocenters. The molecule has 0 radical (unpaired) electrons. The van der Waals surface area contributed by atoms with Gasteiger partial charge in [0.15, 0.2) is 11.6 Å². The summed E-state index contributed by atoms with van der Waals surface area (Å²) < 4.78 is 5.71. The molecule has 4 heterocycles. The van der Waals surface area contributed by atoms with Gasteiger partial charge in [-0.3, -0.25) is 15.2 Å². The van der Waals surface area contributed by atoms with Gasteiger partial charge in [0.05, 0.1) is 25.0 Å². The van der Waals surface area contributed by atoms with Crippen molar-refractivity contribution in [2.45, 2.75) is 12.5 Å². The molecule has 0 spiro atoms. The van der Waals surface area contributed by atoms with Crippen LogP contribution in [0, 0.1) is 0 Å². The average Bonchev–Trinajstić information content (AvgIpc) is 3.17. The number of amides is 2. The zero-order valence-electron chi connectivity index (χ0n) is 16.2. The van der Waals surface area contributed by atoms with Crippen molar-refractivity contribution in [1.29, 1.82) is 0 Å². The number of benzene rings is 1. The summed E-state index contributed by atoms with van der Waals surface area (Å²) in [5.41, 5.74) is 2.37. The number of pyridine rings is 1. The van der Waals surface area contributed by atoms with Crippen LogP contribution in [0.2, 0.25) is 5.02 Å². The van der Waals surface area contributed by atoms with Crippen LogP contribution in [0.5, 0.6) is 5.75 Å². The number of hydrogen-bond donors (Lipinski definition) is 1. The molecule has 3 aromatic rings. The van der Waals surface area contributed by atoms with E-state index in [2.05, 4.69) is 20.2 Å². The van der Waals surface area contributed by atoms with Gasteiger partial charge in [-0.1, -0.05) is 23.7 Å².